The van der Waals surface area contributed by atoms with Crippen LogP contribution in [-0.4, -0.2) is 21.2 Å². The van der Waals surface area contributed by atoms with Crippen molar-refractivity contribution in [1.82, 2.24) is 4.98 Å². The number of thiazole rings is 1. The summed E-state index contributed by atoms with van der Waals surface area (Å²) < 4.78 is 0. The first-order valence-electron chi connectivity index (χ1n) is 4.98. The molecule has 5 heteroatoms. The van der Waals surface area contributed by atoms with Crippen molar-refractivity contribution in [1.29, 1.82) is 0 Å². The van der Waals surface area contributed by atoms with E-state index in [1.54, 1.807) is 26.0 Å². The van der Waals surface area contributed by atoms with Gasteiger partial charge in [0, 0.05) is 10.9 Å². The zero-order valence-electron chi connectivity index (χ0n) is 9.39. The lowest BCUT2D eigenvalue weighted by Gasteiger charge is -2.05. The van der Waals surface area contributed by atoms with Gasteiger partial charge in [0.05, 0.1) is 0 Å². The van der Waals surface area contributed by atoms with Crippen molar-refractivity contribution in [3.05, 3.63) is 34.3 Å². The van der Waals surface area contributed by atoms with Gasteiger partial charge in [-0.05, 0) is 37.1 Å². The fourth-order valence-electron chi connectivity index (χ4n) is 1.58. The lowest BCUT2D eigenvalue weighted by atomic mass is 10.1. The normalized spacial score (nSPS) is 10.5. The first-order valence-corrected chi connectivity index (χ1v) is 5.86. The minimum atomic E-state index is -1.03. The quantitative estimate of drug-likeness (QED) is 0.858. The minimum Gasteiger partial charge on any atom is -0.507 e. The Balaban J connectivity index is 2.49. The highest BCUT2D eigenvalue weighted by atomic mass is 32.1. The largest absolute Gasteiger partial charge is 0.507 e. The Morgan fingerprint density at radius 3 is 2.35 bits per heavy atom. The molecule has 1 aromatic heterocycles. The van der Waals surface area contributed by atoms with Crippen molar-refractivity contribution in [3.8, 4) is 16.3 Å². The van der Waals surface area contributed by atoms with Crippen LogP contribution in [0, 0.1) is 13.8 Å². The van der Waals surface area contributed by atoms with Crippen molar-refractivity contribution < 1.29 is 15.0 Å². The molecule has 88 valence electrons. The Morgan fingerprint density at radius 2 is 1.88 bits per heavy atom. The van der Waals surface area contributed by atoms with Gasteiger partial charge in [-0.2, -0.15) is 0 Å². The number of benzene rings is 1. The van der Waals surface area contributed by atoms with Crippen molar-refractivity contribution in [2.24, 2.45) is 0 Å². The maximum absolute atomic E-state index is 10.7. The molecule has 0 amide bonds. The van der Waals surface area contributed by atoms with Crippen LogP contribution in [0.25, 0.3) is 10.6 Å². The zero-order chi connectivity index (χ0) is 12.6. The number of rotatable bonds is 2. The van der Waals surface area contributed by atoms with Gasteiger partial charge in [0.2, 0.25) is 0 Å². The molecule has 0 radical (unpaired) electrons. The molecular weight excluding hydrogens is 238 g/mol. The van der Waals surface area contributed by atoms with Crippen LogP contribution in [0.1, 0.15) is 21.6 Å². The van der Waals surface area contributed by atoms with Gasteiger partial charge in [-0.15, -0.1) is 11.3 Å². The summed E-state index contributed by atoms with van der Waals surface area (Å²) in [5.41, 5.74) is 2.39. The van der Waals surface area contributed by atoms with E-state index in [2.05, 4.69) is 4.98 Å². The van der Waals surface area contributed by atoms with Crippen molar-refractivity contribution >= 4 is 17.3 Å². The summed E-state index contributed by atoms with van der Waals surface area (Å²) >= 11 is 1.28. The lowest BCUT2D eigenvalue weighted by Crippen LogP contribution is -1.95. The number of hydrogen-bond donors (Lipinski definition) is 2. The van der Waals surface area contributed by atoms with E-state index < -0.39 is 5.97 Å². The molecule has 0 bridgehead atoms. The number of hydrogen-bond acceptors (Lipinski definition) is 4. The second-order valence-electron chi connectivity index (χ2n) is 3.80. The third kappa shape index (κ3) is 2.14. The molecule has 4 nitrogen and oxygen atoms in total. The highest BCUT2D eigenvalue weighted by Gasteiger charge is 2.12. The van der Waals surface area contributed by atoms with Gasteiger partial charge in [0.1, 0.15) is 10.8 Å². The predicted octanol–water partition coefficient (Wildman–Crippen LogP) is 2.83. The van der Waals surface area contributed by atoms with E-state index >= 15 is 0 Å². The van der Waals surface area contributed by atoms with E-state index in [1.165, 1.54) is 16.7 Å². The molecule has 0 fully saturated rings. The van der Waals surface area contributed by atoms with Crippen LogP contribution < -0.4 is 0 Å². The first-order chi connectivity index (χ1) is 7.99. The molecule has 17 heavy (non-hydrogen) atoms. The SMILES string of the molecule is Cc1cc(-c2nc(C(=O)O)cs2)cc(C)c1O. The first kappa shape index (κ1) is 11.6. The Morgan fingerprint density at radius 1 is 1.29 bits per heavy atom. The van der Waals surface area contributed by atoms with Crippen LogP contribution in [0.4, 0.5) is 0 Å². The van der Waals surface area contributed by atoms with Crippen LogP contribution in [0.2, 0.25) is 0 Å². The Kier molecular flexibility index (Phi) is 2.85. The van der Waals surface area contributed by atoms with Crippen LogP contribution in [0.3, 0.4) is 0 Å². The summed E-state index contributed by atoms with van der Waals surface area (Å²) in [6.45, 7) is 3.61. The number of nitrogens with zero attached hydrogens (tertiary/aromatic N) is 1. The van der Waals surface area contributed by atoms with Crippen molar-refractivity contribution in [2.45, 2.75) is 13.8 Å². The number of aromatic hydroxyl groups is 1. The van der Waals surface area contributed by atoms with Gasteiger partial charge in [-0.25, -0.2) is 9.78 Å². The number of carbonyl (C=O) groups is 1. The van der Waals surface area contributed by atoms with Gasteiger partial charge < -0.3 is 10.2 Å². The molecule has 0 unspecified atom stereocenters. The molecule has 0 saturated heterocycles. The zero-order valence-corrected chi connectivity index (χ0v) is 10.2. The predicted molar refractivity (Wildman–Crippen MR) is 65.6 cm³/mol. The molecular formula is C12H11NO3S. The monoisotopic (exact) mass is 249 g/mol. The van der Waals surface area contributed by atoms with Crippen molar-refractivity contribution in [3.63, 3.8) is 0 Å². The van der Waals surface area contributed by atoms with E-state index in [9.17, 15) is 9.90 Å². The number of carboxylic acids is 1. The fourth-order valence-corrected chi connectivity index (χ4v) is 2.37. The number of aryl methyl sites for hydroxylation is 2. The Bertz CT molecular complexity index is 566. The number of aromatic nitrogens is 1. The van der Waals surface area contributed by atoms with Crippen molar-refractivity contribution in [2.75, 3.05) is 0 Å². The molecule has 2 N–H and O–H groups in total. The highest BCUT2D eigenvalue weighted by molar-refractivity contribution is 7.13. The molecule has 2 rings (SSSR count). The Hall–Kier alpha value is -1.88. The summed E-state index contributed by atoms with van der Waals surface area (Å²) in [5, 5.41) is 20.6. The van der Waals surface area contributed by atoms with E-state index in [0.717, 1.165) is 16.7 Å². The second kappa shape index (κ2) is 4.18. The average Bonchev–Trinajstić information content (AvgIpc) is 2.74. The molecule has 0 atom stereocenters. The van der Waals surface area contributed by atoms with E-state index in [0.29, 0.717) is 5.01 Å². The molecule has 0 aliphatic carbocycles. The van der Waals surface area contributed by atoms with Gasteiger partial charge in [0.15, 0.2) is 5.69 Å². The summed E-state index contributed by atoms with van der Waals surface area (Å²) in [7, 11) is 0. The lowest BCUT2D eigenvalue weighted by molar-refractivity contribution is 0.0691. The maximum Gasteiger partial charge on any atom is 0.355 e. The number of phenols is 1. The minimum absolute atomic E-state index is 0.0494. The summed E-state index contributed by atoms with van der Waals surface area (Å²) in [5.74, 6) is -0.761. The standard InChI is InChI=1S/C12H11NO3S/c1-6-3-8(4-7(2)10(6)14)11-13-9(5-17-11)12(15)16/h3-5,14H,1-2H3,(H,15,16). The number of carboxylic acid groups (broad SMARTS) is 1. The third-order valence-corrected chi connectivity index (χ3v) is 3.35. The van der Waals surface area contributed by atoms with E-state index in [4.69, 9.17) is 5.11 Å². The third-order valence-electron chi connectivity index (χ3n) is 2.46. The fraction of sp³-hybridized carbons (Fsp3) is 0.167. The summed E-state index contributed by atoms with van der Waals surface area (Å²) in [4.78, 5) is 14.8. The van der Waals surface area contributed by atoms with E-state index in [1.807, 2.05) is 0 Å². The highest BCUT2D eigenvalue weighted by Crippen LogP contribution is 2.30. The van der Waals surface area contributed by atoms with E-state index in [-0.39, 0.29) is 11.4 Å². The number of aromatic carboxylic acids is 1. The molecule has 0 spiro atoms. The van der Waals surface area contributed by atoms with Crippen LogP contribution in [-0.2, 0) is 0 Å². The number of phenolic OH excluding ortho intramolecular Hbond substituents is 1. The average molecular weight is 249 g/mol. The van der Waals surface area contributed by atoms with Gasteiger partial charge >= 0.3 is 5.97 Å². The van der Waals surface area contributed by atoms with Gasteiger partial charge in [0.25, 0.3) is 0 Å². The smallest absolute Gasteiger partial charge is 0.355 e. The van der Waals surface area contributed by atoms with Crippen LogP contribution in [0.5, 0.6) is 5.75 Å². The Labute approximate surface area is 102 Å². The van der Waals surface area contributed by atoms with Gasteiger partial charge in [-0.1, -0.05) is 0 Å². The second-order valence-corrected chi connectivity index (χ2v) is 4.66. The molecule has 0 aliphatic heterocycles. The molecule has 0 saturated carbocycles. The molecule has 1 aromatic carbocycles. The molecule has 0 aliphatic rings. The summed E-state index contributed by atoms with van der Waals surface area (Å²) in [6.07, 6.45) is 0. The molecule has 1 heterocycles. The topological polar surface area (TPSA) is 70.4 Å². The summed E-state index contributed by atoms with van der Waals surface area (Å²) in [6, 6.07) is 3.60. The maximum atomic E-state index is 10.7. The van der Waals surface area contributed by atoms with Crippen LogP contribution >= 0.6 is 11.3 Å². The molecule has 2 aromatic rings. The van der Waals surface area contributed by atoms with Gasteiger partial charge in [-0.3, -0.25) is 0 Å². The van der Waals surface area contributed by atoms with Crippen LogP contribution in [0.15, 0.2) is 17.5 Å².